The van der Waals surface area contributed by atoms with Crippen molar-refractivity contribution in [1.82, 2.24) is 0 Å². The van der Waals surface area contributed by atoms with E-state index in [0.29, 0.717) is 25.7 Å². The third kappa shape index (κ3) is 16.1. The summed E-state index contributed by atoms with van der Waals surface area (Å²) in [6.45, 7) is 3.94. The van der Waals surface area contributed by atoms with Gasteiger partial charge in [0.1, 0.15) is 0 Å². The van der Waals surface area contributed by atoms with E-state index in [2.05, 4.69) is 6.92 Å². The Labute approximate surface area is 165 Å². The standard InChI is InChI=1S/C17H36O4S.Na/c1-3-5-6-7-8-9-10-11-13-16(18)14-12-15-17(4-2)22(19,20)21;/h16-18H,3-15H2,1-2H3,(H,19,20,21);/q;+1/p-1. The van der Waals surface area contributed by atoms with Gasteiger partial charge in [-0.05, 0) is 32.1 Å². The predicted octanol–water partition coefficient (Wildman–Crippen LogP) is 1.38. The van der Waals surface area contributed by atoms with Gasteiger partial charge in [0, 0.05) is 5.25 Å². The van der Waals surface area contributed by atoms with Crippen LogP contribution in [0.2, 0.25) is 0 Å². The Morgan fingerprint density at radius 2 is 1.30 bits per heavy atom. The van der Waals surface area contributed by atoms with Crippen LogP contribution in [0.3, 0.4) is 0 Å². The van der Waals surface area contributed by atoms with Gasteiger partial charge in [0.25, 0.3) is 0 Å². The van der Waals surface area contributed by atoms with Crippen molar-refractivity contribution in [3.05, 3.63) is 0 Å². The van der Waals surface area contributed by atoms with Gasteiger partial charge >= 0.3 is 29.6 Å². The average molecular weight is 359 g/mol. The summed E-state index contributed by atoms with van der Waals surface area (Å²) >= 11 is 0. The van der Waals surface area contributed by atoms with Crippen LogP contribution in [0.15, 0.2) is 0 Å². The first kappa shape index (κ1) is 26.1. The van der Waals surface area contributed by atoms with Crippen LogP contribution in [-0.2, 0) is 10.1 Å². The summed E-state index contributed by atoms with van der Waals surface area (Å²) in [6.07, 6.45) is 12.4. The fraction of sp³-hybridized carbons (Fsp3) is 1.00. The van der Waals surface area contributed by atoms with Crippen LogP contribution in [-0.4, -0.2) is 29.4 Å². The molecule has 0 spiro atoms. The second-order valence-corrected chi connectivity index (χ2v) is 8.02. The maximum Gasteiger partial charge on any atom is 1.00 e. The van der Waals surface area contributed by atoms with Gasteiger partial charge in [-0.25, -0.2) is 8.42 Å². The molecule has 134 valence electrons. The zero-order chi connectivity index (χ0) is 16.8. The molecule has 4 nitrogen and oxygen atoms in total. The summed E-state index contributed by atoms with van der Waals surface area (Å²) < 4.78 is 32.9. The van der Waals surface area contributed by atoms with Crippen molar-refractivity contribution in [1.29, 1.82) is 0 Å². The zero-order valence-corrected chi connectivity index (χ0v) is 18.2. The SMILES string of the molecule is CCCCCCCCCCC(O)CCCC(CC)S(=O)(=O)[O-].[Na+]. The van der Waals surface area contributed by atoms with Crippen molar-refractivity contribution in [3.8, 4) is 0 Å². The van der Waals surface area contributed by atoms with Gasteiger partial charge in [-0.3, -0.25) is 0 Å². The minimum atomic E-state index is -4.18. The van der Waals surface area contributed by atoms with E-state index in [1.807, 2.05) is 0 Å². The molecule has 1 N–H and O–H groups in total. The number of aliphatic hydroxyl groups excluding tert-OH is 1. The summed E-state index contributed by atoms with van der Waals surface area (Å²) in [5.74, 6) is 0. The molecule has 0 aromatic heterocycles. The molecule has 0 rings (SSSR count). The third-order valence-electron chi connectivity index (χ3n) is 4.32. The van der Waals surface area contributed by atoms with E-state index in [-0.39, 0.29) is 35.7 Å². The van der Waals surface area contributed by atoms with Crippen molar-refractivity contribution >= 4 is 10.1 Å². The normalized spacial score (nSPS) is 14.3. The van der Waals surface area contributed by atoms with Crippen LogP contribution in [0.5, 0.6) is 0 Å². The summed E-state index contributed by atoms with van der Waals surface area (Å²) in [4.78, 5) is 0. The quantitative estimate of drug-likeness (QED) is 0.272. The number of unbranched alkanes of at least 4 members (excludes halogenated alkanes) is 7. The largest absolute Gasteiger partial charge is 1.00 e. The first-order valence-electron chi connectivity index (χ1n) is 9.04. The minimum absolute atomic E-state index is 0. The summed E-state index contributed by atoms with van der Waals surface area (Å²) in [5, 5.41) is 9.09. The molecule has 0 amide bonds. The second kappa shape index (κ2) is 16.3. The van der Waals surface area contributed by atoms with Gasteiger partial charge < -0.3 is 9.66 Å². The number of rotatable bonds is 15. The van der Waals surface area contributed by atoms with Crippen LogP contribution >= 0.6 is 0 Å². The Morgan fingerprint density at radius 3 is 1.78 bits per heavy atom. The van der Waals surface area contributed by atoms with Crippen molar-refractivity contribution in [2.24, 2.45) is 0 Å². The Balaban J connectivity index is 0. The molecule has 0 radical (unpaired) electrons. The Morgan fingerprint density at radius 1 is 0.826 bits per heavy atom. The van der Waals surface area contributed by atoms with Crippen LogP contribution in [0, 0.1) is 0 Å². The van der Waals surface area contributed by atoms with Crippen molar-refractivity contribution < 1.29 is 47.6 Å². The Bertz CT molecular complexity index is 347. The summed E-state index contributed by atoms with van der Waals surface area (Å²) in [6, 6.07) is 0. The summed E-state index contributed by atoms with van der Waals surface area (Å²) in [5.41, 5.74) is 0. The topological polar surface area (TPSA) is 77.4 Å². The maximum absolute atomic E-state index is 11.0. The zero-order valence-electron chi connectivity index (χ0n) is 15.4. The van der Waals surface area contributed by atoms with E-state index in [1.54, 1.807) is 6.92 Å². The molecule has 0 aromatic carbocycles. The first-order chi connectivity index (χ1) is 10.4. The molecular formula is C17H35NaO4S. The molecule has 0 heterocycles. The fourth-order valence-corrected chi connectivity index (χ4v) is 3.66. The van der Waals surface area contributed by atoms with E-state index >= 15 is 0 Å². The van der Waals surface area contributed by atoms with Crippen LogP contribution < -0.4 is 29.6 Å². The number of aliphatic hydroxyl groups is 1. The van der Waals surface area contributed by atoms with Crippen molar-refractivity contribution in [3.63, 3.8) is 0 Å². The second-order valence-electron chi connectivity index (χ2n) is 6.37. The predicted molar refractivity (Wildman–Crippen MR) is 90.9 cm³/mol. The van der Waals surface area contributed by atoms with Gasteiger partial charge in [-0.1, -0.05) is 65.2 Å². The molecule has 2 unspecified atom stereocenters. The van der Waals surface area contributed by atoms with E-state index in [1.165, 1.54) is 38.5 Å². The van der Waals surface area contributed by atoms with Gasteiger partial charge in [-0.15, -0.1) is 0 Å². The number of hydrogen-bond donors (Lipinski definition) is 1. The van der Waals surface area contributed by atoms with Crippen LogP contribution in [0.25, 0.3) is 0 Å². The smallest absolute Gasteiger partial charge is 0.748 e. The molecule has 0 bridgehead atoms. The molecule has 0 aliphatic carbocycles. The van der Waals surface area contributed by atoms with E-state index in [0.717, 1.165) is 19.3 Å². The molecule has 0 aliphatic rings. The molecule has 6 heteroatoms. The van der Waals surface area contributed by atoms with E-state index in [9.17, 15) is 18.1 Å². The fourth-order valence-electron chi connectivity index (χ4n) is 2.79. The van der Waals surface area contributed by atoms with Gasteiger partial charge in [0.2, 0.25) is 0 Å². The monoisotopic (exact) mass is 358 g/mol. The third-order valence-corrected chi connectivity index (χ3v) is 5.70. The molecule has 0 saturated carbocycles. The van der Waals surface area contributed by atoms with Gasteiger partial charge in [-0.2, -0.15) is 0 Å². The van der Waals surface area contributed by atoms with E-state index in [4.69, 9.17) is 0 Å². The van der Waals surface area contributed by atoms with E-state index < -0.39 is 15.4 Å². The maximum atomic E-state index is 11.0. The molecular weight excluding hydrogens is 323 g/mol. The average Bonchev–Trinajstić information content (AvgIpc) is 2.45. The molecule has 0 fully saturated rings. The number of hydrogen-bond acceptors (Lipinski definition) is 4. The van der Waals surface area contributed by atoms with Crippen LogP contribution in [0.1, 0.15) is 97.3 Å². The van der Waals surface area contributed by atoms with Crippen LogP contribution in [0.4, 0.5) is 0 Å². The molecule has 0 aromatic rings. The molecule has 23 heavy (non-hydrogen) atoms. The van der Waals surface area contributed by atoms with Crippen molar-refractivity contribution in [2.45, 2.75) is 109 Å². The molecule has 0 saturated heterocycles. The molecule has 2 atom stereocenters. The van der Waals surface area contributed by atoms with Gasteiger partial charge in [0.05, 0.1) is 16.2 Å². The summed E-state index contributed by atoms with van der Waals surface area (Å²) in [7, 11) is -4.18. The Kier molecular flexibility index (Phi) is 18.5. The van der Waals surface area contributed by atoms with Crippen molar-refractivity contribution in [2.75, 3.05) is 0 Å². The molecule has 0 aliphatic heterocycles. The van der Waals surface area contributed by atoms with Gasteiger partial charge in [0.15, 0.2) is 0 Å². The Hall–Kier alpha value is 0.870. The minimum Gasteiger partial charge on any atom is -0.748 e. The first-order valence-corrected chi connectivity index (χ1v) is 10.5.